The first-order valence-electron chi connectivity index (χ1n) is 12.9. The summed E-state index contributed by atoms with van der Waals surface area (Å²) < 4.78 is 39.6. The standard InChI is InChI=1S/C28H32Cl2F2N2O4/c1-16(21-5-3-18(29)9-23(21)30)38-24-10-19(4-6-22(24)26(31)32)34-13-17(14-34)25-15-33(7-8-37-25)20-11-28(2,12-20)27(35)36/h3-6,9-10,16-17,20,25-26H,7-8,11-15H2,1-2H3,(H,35,36)/t16-,20?,25+,28?/m1/s1. The van der Waals surface area contributed by atoms with Crippen molar-refractivity contribution in [3.63, 3.8) is 0 Å². The Hall–Kier alpha value is -2.13. The number of halogens is 4. The van der Waals surface area contributed by atoms with Gasteiger partial charge in [0.05, 0.1) is 23.7 Å². The summed E-state index contributed by atoms with van der Waals surface area (Å²) in [5.74, 6) is -0.277. The Balaban J connectivity index is 1.22. The van der Waals surface area contributed by atoms with Crippen LogP contribution in [0.25, 0.3) is 0 Å². The van der Waals surface area contributed by atoms with Crippen molar-refractivity contribution in [2.75, 3.05) is 37.7 Å². The van der Waals surface area contributed by atoms with E-state index in [1.54, 1.807) is 37.3 Å². The van der Waals surface area contributed by atoms with E-state index in [1.807, 2.05) is 6.92 Å². The normalized spacial score (nSPS) is 27.1. The number of alkyl halides is 2. The topological polar surface area (TPSA) is 62.2 Å². The molecule has 6 nitrogen and oxygen atoms in total. The fourth-order valence-electron chi connectivity index (χ4n) is 5.77. The van der Waals surface area contributed by atoms with Crippen LogP contribution < -0.4 is 9.64 Å². The van der Waals surface area contributed by atoms with Crippen LogP contribution in [0.1, 0.15) is 50.3 Å². The second kappa shape index (κ2) is 10.8. The van der Waals surface area contributed by atoms with Crippen molar-refractivity contribution in [1.82, 2.24) is 4.90 Å². The zero-order valence-corrected chi connectivity index (χ0v) is 22.9. The highest BCUT2D eigenvalue weighted by molar-refractivity contribution is 6.35. The Morgan fingerprint density at radius 3 is 2.50 bits per heavy atom. The second-order valence-electron chi connectivity index (χ2n) is 10.9. The van der Waals surface area contributed by atoms with Crippen molar-refractivity contribution in [2.24, 2.45) is 11.3 Å². The van der Waals surface area contributed by atoms with E-state index >= 15 is 0 Å². The molecule has 1 aliphatic carbocycles. The molecule has 0 aromatic heterocycles. The summed E-state index contributed by atoms with van der Waals surface area (Å²) in [6.45, 7) is 7.33. The van der Waals surface area contributed by atoms with Gasteiger partial charge in [0.1, 0.15) is 11.9 Å². The van der Waals surface area contributed by atoms with Gasteiger partial charge in [-0.05, 0) is 51.0 Å². The van der Waals surface area contributed by atoms with E-state index in [0.29, 0.717) is 41.0 Å². The number of nitrogens with zero attached hydrogens (tertiary/aromatic N) is 2. The van der Waals surface area contributed by atoms with Crippen LogP contribution in [0.4, 0.5) is 14.5 Å². The molecule has 5 rings (SSSR count). The number of rotatable bonds is 8. The number of anilines is 1. The zero-order valence-electron chi connectivity index (χ0n) is 21.4. The Bertz CT molecular complexity index is 1190. The van der Waals surface area contributed by atoms with Crippen molar-refractivity contribution < 1.29 is 28.2 Å². The minimum absolute atomic E-state index is 0.0693. The maximum Gasteiger partial charge on any atom is 0.309 e. The van der Waals surface area contributed by atoms with E-state index in [9.17, 15) is 18.7 Å². The van der Waals surface area contributed by atoms with E-state index < -0.39 is 23.9 Å². The summed E-state index contributed by atoms with van der Waals surface area (Å²) in [6.07, 6.45) is -1.81. The number of benzene rings is 2. The van der Waals surface area contributed by atoms with E-state index in [1.165, 1.54) is 6.07 Å². The summed E-state index contributed by atoms with van der Waals surface area (Å²) in [7, 11) is 0. The highest BCUT2D eigenvalue weighted by Gasteiger charge is 2.50. The van der Waals surface area contributed by atoms with Crippen LogP contribution in [-0.4, -0.2) is 60.9 Å². The van der Waals surface area contributed by atoms with E-state index in [4.69, 9.17) is 32.7 Å². The smallest absolute Gasteiger partial charge is 0.309 e. The molecule has 3 fully saturated rings. The molecule has 0 amide bonds. The molecule has 1 N–H and O–H groups in total. The van der Waals surface area contributed by atoms with Gasteiger partial charge in [-0.25, -0.2) is 8.78 Å². The molecule has 2 saturated heterocycles. The summed E-state index contributed by atoms with van der Waals surface area (Å²) in [5.41, 5.74) is 0.702. The third kappa shape index (κ3) is 5.46. The van der Waals surface area contributed by atoms with Gasteiger partial charge in [0, 0.05) is 65.5 Å². The third-order valence-electron chi connectivity index (χ3n) is 8.27. The fraction of sp³-hybridized carbons (Fsp3) is 0.536. The number of hydrogen-bond acceptors (Lipinski definition) is 5. The average Bonchev–Trinajstić information content (AvgIpc) is 2.81. The molecule has 1 saturated carbocycles. The van der Waals surface area contributed by atoms with Gasteiger partial charge in [0.25, 0.3) is 6.43 Å². The van der Waals surface area contributed by atoms with E-state index in [2.05, 4.69) is 9.80 Å². The number of hydrogen-bond donors (Lipinski definition) is 1. The Morgan fingerprint density at radius 2 is 1.84 bits per heavy atom. The molecule has 0 bridgehead atoms. The summed E-state index contributed by atoms with van der Waals surface area (Å²) in [6, 6.07) is 10.1. The lowest BCUT2D eigenvalue weighted by Crippen LogP contribution is -2.61. The molecular weight excluding hydrogens is 537 g/mol. The molecule has 2 atom stereocenters. The Kier molecular flexibility index (Phi) is 7.80. The van der Waals surface area contributed by atoms with Gasteiger partial charge in [-0.1, -0.05) is 29.3 Å². The summed E-state index contributed by atoms with van der Waals surface area (Å²) in [5, 5.41) is 10.3. The molecule has 10 heteroatoms. The van der Waals surface area contributed by atoms with E-state index in [-0.39, 0.29) is 23.5 Å². The SMILES string of the molecule is C[C@@H](Oc1cc(N2CC([C@@H]3CN(C4CC(C)(C(=O)O)C4)CCO3)C2)ccc1C(F)F)c1ccc(Cl)cc1Cl. The number of carbonyl (C=O) groups is 1. The largest absolute Gasteiger partial charge is 0.485 e. The van der Waals surface area contributed by atoms with E-state index in [0.717, 1.165) is 31.9 Å². The van der Waals surface area contributed by atoms with Gasteiger partial charge in [0.15, 0.2) is 0 Å². The number of carboxylic acid groups (broad SMARTS) is 1. The zero-order chi connectivity index (χ0) is 27.2. The molecule has 2 aliphatic heterocycles. The number of carboxylic acids is 1. The van der Waals surface area contributed by atoms with Crippen LogP contribution in [0.2, 0.25) is 10.0 Å². The van der Waals surface area contributed by atoms with Crippen LogP contribution in [0.15, 0.2) is 36.4 Å². The van der Waals surface area contributed by atoms with Crippen molar-refractivity contribution in [1.29, 1.82) is 0 Å². The fourth-order valence-corrected chi connectivity index (χ4v) is 6.33. The first-order valence-corrected chi connectivity index (χ1v) is 13.7. The van der Waals surface area contributed by atoms with Gasteiger partial charge >= 0.3 is 5.97 Å². The predicted molar refractivity (Wildman–Crippen MR) is 143 cm³/mol. The third-order valence-corrected chi connectivity index (χ3v) is 8.83. The molecule has 2 aromatic rings. The number of aliphatic carboxylic acids is 1. The van der Waals surface area contributed by atoms with Crippen LogP contribution in [0.5, 0.6) is 5.75 Å². The van der Waals surface area contributed by atoms with Crippen LogP contribution >= 0.6 is 23.2 Å². The van der Waals surface area contributed by atoms with Crippen molar-refractivity contribution >= 4 is 34.9 Å². The minimum atomic E-state index is -2.67. The molecule has 3 aliphatic rings. The van der Waals surface area contributed by atoms with Gasteiger partial charge in [-0.15, -0.1) is 0 Å². The molecule has 38 heavy (non-hydrogen) atoms. The number of morpholine rings is 1. The maximum atomic E-state index is 13.8. The first-order chi connectivity index (χ1) is 18.0. The lowest BCUT2D eigenvalue weighted by atomic mass is 9.66. The molecule has 2 heterocycles. The van der Waals surface area contributed by atoms with Crippen molar-refractivity contribution in [3.05, 3.63) is 57.6 Å². The Morgan fingerprint density at radius 1 is 1.13 bits per heavy atom. The molecule has 206 valence electrons. The van der Waals surface area contributed by atoms with Gasteiger partial charge in [-0.3, -0.25) is 9.69 Å². The van der Waals surface area contributed by atoms with Crippen LogP contribution in [0.3, 0.4) is 0 Å². The van der Waals surface area contributed by atoms with Crippen LogP contribution in [0, 0.1) is 11.3 Å². The summed E-state index contributed by atoms with van der Waals surface area (Å²) in [4.78, 5) is 16.0. The molecular formula is C28H32Cl2F2N2O4. The lowest BCUT2D eigenvalue weighted by Gasteiger charge is -2.52. The highest BCUT2D eigenvalue weighted by Crippen LogP contribution is 2.45. The highest BCUT2D eigenvalue weighted by atomic mass is 35.5. The van der Waals surface area contributed by atoms with Gasteiger partial charge in [-0.2, -0.15) is 0 Å². The lowest BCUT2D eigenvalue weighted by molar-refractivity contribution is -0.161. The minimum Gasteiger partial charge on any atom is -0.485 e. The van der Waals surface area contributed by atoms with Gasteiger partial charge < -0.3 is 19.5 Å². The Labute approximate surface area is 231 Å². The maximum absolute atomic E-state index is 13.8. The molecule has 0 unspecified atom stereocenters. The van der Waals surface area contributed by atoms with Crippen molar-refractivity contribution in [3.8, 4) is 5.75 Å². The molecule has 2 aromatic carbocycles. The summed E-state index contributed by atoms with van der Waals surface area (Å²) >= 11 is 12.3. The van der Waals surface area contributed by atoms with Crippen LogP contribution in [-0.2, 0) is 9.53 Å². The van der Waals surface area contributed by atoms with Gasteiger partial charge in [0.2, 0.25) is 0 Å². The molecule has 0 radical (unpaired) electrons. The second-order valence-corrected chi connectivity index (χ2v) is 11.8. The average molecular weight is 569 g/mol. The molecule has 0 spiro atoms. The quantitative estimate of drug-likeness (QED) is 0.394. The first kappa shape index (κ1) is 27.4. The number of ether oxygens (including phenoxy) is 2. The predicted octanol–water partition coefficient (Wildman–Crippen LogP) is 6.46. The van der Waals surface area contributed by atoms with Crippen molar-refractivity contribution in [2.45, 2.75) is 51.4 Å². The monoisotopic (exact) mass is 568 g/mol.